The van der Waals surface area contributed by atoms with Crippen LogP contribution in [0.1, 0.15) is 72.9 Å². The fourth-order valence-corrected chi connectivity index (χ4v) is 7.66. The number of nitrogens with zero attached hydrogens (tertiary/aromatic N) is 3. The molecule has 0 spiro atoms. The summed E-state index contributed by atoms with van der Waals surface area (Å²) in [5.41, 5.74) is 10.2. The number of likely N-dealkylation sites (tertiary alicyclic amines) is 1. The molecule has 8 heteroatoms. The van der Waals surface area contributed by atoms with Gasteiger partial charge in [0.15, 0.2) is 11.5 Å². The van der Waals surface area contributed by atoms with E-state index in [1.165, 1.54) is 47.6 Å². The number of allylic oxidation sites excluding steroid dienone is 1. The Bertz CT molecular complexity index is 2050. The zero-order valence-electron chi connectivity index (χ0n) is 33.4. The van der Waals surface area contributed by atoms with Gasteiger partial charge in [-0.25, -0.2) is 0 Å². The summed E-state index contributed by atoms with van der Waals surface area (Å²) < 4.78 is 51.4. The van der Waals surface area contributed by atoms with Crippen LogP contribution >= 0.6 is 0 Å². The Morgan fingerprint density at radius 3 is 2.32 bits per heavy atom. The van der Waals surface area contributed by atoms with E-state index in [4.69, 9.17) is 15.9 Å². The number of benzene rings is 4. The third-order valence-corrected chi connectivity index (χ3v) is 10.5. The smallest absolute Gasteiger partial charge is 0.416 e. The molecule has 0 unspecified atom stereocenters. The Kier molecular flexibility index (Phi) is 14.6. The zero-order chi connectivity index (χ0) is 40.2. The summed E-state index contributed by atoms with van der Waals surface area (Å²) in [5, 5.41) is 0. The maximum atomic E-state index is 13.5. The molecule has 1 fully saturated rings. The van der Waals surface area contributed by atoms with Gasteiger partial charge in [0.1, 0.15) is 0 Å². The summed E-state index contributed by atoms with van der Waals surface area (Å²) in [6, 6.07) is 22.7. The molecular formula is C48H54F3N3O2. The number of methoxy groups -OCH3 is 2. The summed E-state index contributed by atoms with van der Waals surface area (Å²) >= 11 is 0. The number of anilines is 1. The molecule has 5 nitrogen and oxygen atoms in total. The van der Waals surface area contributed by atoms with Gasteiger partial charge in [-0.15, -0.1) is 6.42 Å². The minimum absolute atomic E-state index is 0.111. The van der Waals surface area contributed by atoms with Gasteiger partial charge in [0.25, 0.3) is 0 Å². The SMILES string of the molecule is C#Cc1cc(N=C/C=C(\C=C)CN(c2ccc(C(F)(F)F)cc2)C2CCN(Cc3cccc(-c4cc(C)c(CCC)c(CCC)c4)c3)CC2)cc(OC)c1OC. The van der Waals surface area contributed by atoms with Gasteiger partial charge in [0, 0.05) is 50.2 Å². The number of rotatable bonds is 16. The van der Waals surface area contributed by atoms with Crippen molar-refractivity contribution in [3.8, 4) is 35.0 Å². The molecular weight excluding hydrogens is 708 g/mol. The number of ether oxygens (including phenoxy) is 2. The van der Waals surface area contributed by atoms with E-state index in [0.29, 0.717) is 29.3 Å². The average Bonchev–Trinajstić information content (AvgIpc) is 3.20. The lowest BCUT2D eigenvalue weighted by Gasteiger charge is -2.40. The molecule has 294 valence electrons. The Balaban J connectivity index is 1.33. The van der Waals surface area contributed by atoms with Crippen molar-refractivity contribution in [3.63, 3.8) is 0 Å². The van der Waals surface area contributed by atoms with Crippen LogP contribution in [0, 0.1) is 19.3 Å². The highest BCUT2D eigenvalue weighted by Crippen LogP contribution is 2.36. The Morgan fingerprint density at radius 1 is 0.964 bits per heavy atom. The lowest BCUT2D eigenvalue weighted by molar-refractivity contribution is -0.137. The fourth-order valence-electron chi connectivity index (χ4n) is 7.66. The molecule has 5 rings (SSSR count). The number of terminal acetylenes is 1. The highest BCUT2D eigenvalue weighted by Gasteiger charge is 2.31. The Labute approximate surface area is 331 Å². The van der Waals surface area contributed by atoms with Crippen LogP contribution in [0.25, 0.3) is 11.1 Å². The zero-order valence-corrected chi connectivity index (χ0v) is 33.4. The summed E-state index contributed by atoms with van der Waals surface area (Å²) in [7, 11) is 3.07. The predicted octanol–water partition coefficient (Wildman–Crippen LogP) is 11.6. The first kappa shape index (κ1) is 41.9. The van der Waals surface area contributed by atoms with E-state index in [9.17, 15) is 13.2 Å². The molecule has 56 heavy (non-hydrogen) atoms. The molecule has 0 N–H and O–H groups in total. The number of hydrogen-bond donors (Lipinski definition) is 0. The molecule has 0 amide bonds. The quantitative estimate of drug-likeness (QED) is 0.0647. The van der Waals surface area contributed by atoms with Crippen LogP contribution in [-0.4, -0.2) is 51.0 Å². The maximum absolute atomic E-state index is 13.5. The monoisotopic (exact) mass is 761 g/mol. The van der Waals surface area contributed by atoms with Crippen LogP contribution in [0.5, 0.6) is 11.5 Å². The third kappa shape index (κ3) is 10.5. The van der Waals surface area contributed by atoms with Crippen molar-refractivity contribution in [1.29, 1.82) is 0 Å². The molecule has 1 saturated heterocycles. The first-order chi connectivity index (χ1) is 27.0. The van der Waals surface area contributed by atoms with Crippen molar-refractivity contribution in [2.75, 3.05) is 38.8 Å². The van der Waals surface area contributed by atoms with Crippen LogP contribution in [-0.2, 0) is 25.6 Å². The standard InChI is InChI=1S/C48H54F3N3O2/c1-8-13-39-29-40(27-34(5)45(39)14-9-2)38-16-12-15-36(28-38)32-53-25-22-44(23-26-53)54(43-19-17-41(18-20-43)48(49,50)51)33-35(10-3)21-24-52-42-30-37(11-4)47(56-7)46(31-42)55-6/h4,10,12,15-21,24,27-31,44H,3,8-9,13-14,22-23,25-26,32-33H2,1-2,5-7H3/b35-21+,52-24?. The van der Waals surface area contributed by atoms with Crippen LogP contribution < -0.4 is 14.4 Å². The molecule has 0 aromatic heterocycles. The van der Waals surface area contributed by atoms with Gasteiger partial charge in [-0.3, -0.25) is 9.89 Å². The van der Waals surface area contributed by atoms with Crippen LogP contribution in [0.15, 0.2) is 102 Å². The number of piperidine rings is 1. The highest BCUT2D eigenvalue weighted by atomic mass is 19.4. The number of halogens is 3. The highest BCUT2D eigenvalue weighted by molar-refractivity contribution is 5.77. The first-order valence-corrected chi connectivity index (χ1v) is 19.5. The fraction of sp³-hybridized carbons (Fsp3) is 0.354. The van der Waals surface area contributed by atoms with E-state index in [2.05, 4.69) is 84.5 Å². The second kappa shape index (κ2) is 19.6. The summed E-state index contributed by atoms with van der Waals surface area (Å²) in [5.74, 6) is 3.55. The normalized spacial score (nSPS) is 14.2. The molecule has 0 saturated carbocycles. The number of hydrogen-bond acceptors (Lipinski definition) is 5. The Hall–Kier alpha value is -5.26. The molecule has 0 atom stereocenters. The maximum Gasteiger partial charge on any atom is 0.416 e. The molecule has 4 aromatic rings. The van der Waals surface area contributed by atoms with Crippen molar-refractivity contribution in [3.05, 3.63) is 130 Å². The first-order valence-electron chi connectivity index (χ1n) is 19.5. The molecule has 0 aliphatic carbocycles. The molecule has 0 bridgehead atoms. The summed E-state index contributed by atoms with van der Waals surface area (Å²) in [6.07, 6.45) is 12.8. The van der Waals surface area contributed by atoms with Crippen molar-refractivity contribution >= 4 is 17.6 Å². The predicted molar refractivity (Wildman–Crippen MR) is 226 cm³/mol. The van der Waals surface area contributed by atoms with E-state index in [0.717, 1.165) is 81.6 Å². The van der Waals surface area contributed by atoms with E-state index in [-0.39, 0.29) is 6.04 Å². The largest absolute Gasteiger partial charge is 0.493 e. The van der Waals surface area contributed by atoms with Crippen LogP contribution in [0.3, 0.4) is 0 Å². The molecule has 0 radical (unpaired) electrons. The molecule has 1 heterocycles. The van der Waals surface area contributed by atoms with Crippen molar-refractivity contribution in [2.24, 2.45) is 4.99 Å². The third-order valence-electron chi connectivity index (χ3n) is 10.5. The van der Waals surface area contributed by atoms with Gasteiger partial charge in [-0.1, -0.05) is 75.6 Å². The van der Waals surface area contributed by atoms with Crippen molar-refractivity contribution in [1.82, 2.24) is 4.90 Å². The number of alkyl halides is 3. The summed E-state index contributed by atoms with van der Waals surface area (Å²) in [6.45, 7) is 13.8. The minimum Gasteiger partial charge on any atom is -0.493 e. The van der Waals surface area contributed by atoms with Gasteiger partial charge >= 0.3 is 6.18 Å². The second-order valence-corrected chi connectivity index (χ2v) is 14.4. The van der Waals surface area contributed by atoms with Gasteiger partial charge in [0.05, 0.1) is 31.0 Å². The number of aryl methyl sites for hydroxylation is 2. The van der Waals surface area contributed by atoms with Gasteiger partial charge in [-0.2, -0.15) is 13.2 Å². The average molecular weight is 762 g/mol. The van der Waals surface area contributed by atoms with E-state index in [1.807, 2.05) is 6.08 Å². The van der Waals surface area contributed by atoms with Crippen LogP contribution in [0.4, 0.5) is 24.5 Å². The summed E-state index contributed by atoms with van der Waals surface area (Å²) in [4.78, 5) is 9.26. The van der Waals surface area contributed by atoms with Crippen molar-refractivity contribution in [2.45, 2.75) is 78.1 Å². The van der Waals surface area contributed by atoms with E-state index < -0.39 is 11.7 Å². The minimum atomic E-state index is -4.41. The van der Waals surface area contributed by atoms with Crippen molar-refractivity contribution < 1.29 is 22.6 Å². The second-order valence-electron chi connectivity index (χ2n) is 14.4. The molecule has 4 aromatic carbocycles. The molecule has 1 aliphatic heterocycles. The van der Waals surface area contributed by atoms with E-state index in [1.54, 1.807) is 36.6 Å². The van der Waals surface area contributed by atoms with Crippen LogP contribution in [0.2, 0.25) is 0 Å². The lowest BCUT2D eigenvalue weighted by Crippen LogP contribution is -2.45. The molecule has 1 aliphatic rings. The lowest BCUT2D eigenvalue weighted by atomic mass is 9.90. The van der Waals surface area contributed by atoms with Gasteiger partial charge < -0.3 is 14.4 Å². The van der Waals surface area contributed by atoms with E-state index >= 15 is 0 Å². The van der Waals surface area contributed by atoms with Gasteiger partial charge in [-0.05, 0) is 114 Å². The number of aliphatic imine (C=N–C) groups is 1. The Morgan fingerprint density at radius 2 is 1.70 bits per heavy atom. The topological polar surface area (TPSA) is 37.3 Å². The van der Waals surface area contributed by atoms with Gasteiger partial charge in [0.2, 0.25) is 0 Å².